The average molecular weight is 512 g/mol. The number of carbonyl (C=O) groups is 1. The number of benzene rings is 2. The number of hydrogen-bond acceptors (Lipinski definition) is 4. The zero-order valence-corrected chi connectivity index (χ0v) is 22.3. The summed E-state index contributed by atoms with van der Waals surface area (Å²) in [7, 11) is 0. The van der Waals surface area contributed by atoms with E-state index >= 15 is 0 Å². The van der Waals surface area contributed by atoms with E-state index in [0.29, 0.717) is 22.8 Å². The maximum absolute atomic E-state index is 14.2. The zero-order valence-electron chi connectivity index (χ0n) is 21.5. The fourth-order valence-electron chi connectivity index (χ4n) is 4.70. The van der Waals surface area contributed by atoms with Crippen LogP contribution in [0.3, 0.4) is 0 Å². The molecule has 1 fully saturated rings. The highest BCUT2D eigenvalue weighted by Gasteiger charge is 2.29. The number of hydrogen-bond donors (Lipinski definition) is 0. The molecule has 8 heteroatoms. The highest BCUT2D eigenvalue weighted by molar-refractivity contribution is 6.30. The van der Waals surface area contributed by atoms with Gasteiger partial charge in [0.15, 0.2) is 0 Å². The summed E-state index contributed by atoms with van der Waals surface area (Å²) < 4.78 is 16.0. The van der Waals surface area contributed by atoms with Gasteiger partial charge in [0, 0.05) is 48.4 Å². The Morgan fingerprint density at radius 3 is 2.42 bits per heavy atom. The predicted octanol–water partition coefficient (Wildman–Crippen LogP) is 5.56. The molecule has 1 amide bonds. The van der Waals surface area contributed by atoms with Crippen LogP contribution >= 0.6 is 11.6 Å². The average Bonchev–Trinajstić information content (AvgIpc) is 3.22. The first-order chi connectivity index (χ1) is 17.3. The minimum absolute atomic E-state index is 0.0230. The van der Waals surface area contributed by atoms with Gasteiger partial charge in [-0.1, -0.05) is 31.5 Å². The highest BCUT2D eigenvalue weighted by Crippen LogP contribution is 2.31. The van der Waals surface area contributed by atoms with Crippen molar-refractivity contribution in [1.82, 2.24) is 19.6 Å². The van der Waals surface area contributed by atoms with Crippen molar-refractivity contribution in [1.29, 1.82) is 0 Å². The minimum atomic E-state index is -0.303. The van der Waals surface area contributed by atoms with E-state index in [-0.39, 0.29) is 17.8 Å². The van der Waals surface area contributed by atoms with Crippen molar-refractivity contribution >= 4 is 23.3 Å². The van der Waals surface area contributed by atoms with Gasteiger partial charge in [-0.15, -0.1) is 0 Å². The number of rotatable bonds is 8. The number of aryl methyl sites for hydroxylation is 1. The Hall–Kier alpha value is -2.90. The smallest absolute Gasteiger partial charge is 0.254 e. The van der Waals surface area contributed by atoms with E-state index in [9.17, 15) is 9.18 Å². The summed E-state index contributed by atoms with van der Waals surface area (Å²) in [6.07, 6.45) is 0.820. The van der Waals surface area contributed by atoms with Gasteiger partial charge in [-0.25, -0.2) is 9.07 Å². The standard InChI is InChI=1S/C28H35ClFN5O/c1-5-20(3)34(28(36)22-10-12-23(29)13-11-22)19-26-21(4)31-35(25-9-7-8-24(30)18-25)27(26)33-16-14-32(6-2)15-17-33/h7-13,18,20H,5-6,14-17,19H2,1-4H3. The molecule has 1 aromatic heterocycles. The predicted molar refractivity (Wildman–Crippen MR) is 144 cm³/mol. The van der Waals surface area contributed by atoms with E-state index in [4.69, 9.17) is 16.7 Å². The van der Waals surface area contributed by atoms with Gasteiger partial charge in [0.05, 0.1) is 17.9 Å². The van der Waals surface area contributed by atoms with E-state index in [1.54, 1.807) is 30.3 Å². The van der Waals surface area contributed by atoms with Crippen LogP contribution in [-0.2, 0) is 6.54 Å². The SMILES string of the molecule is CCC(C)N(Cc1c(C)nn(-c2cccc(F)c2)c1N1CCN(CC)CC1)C(=O)c1ccc(Cl)cc1. The van der Waals surface area contributed by atoms with Crippen molar-refractivity contribution in [3.8, 4) is 5.69 Å². The van der Waals surface area contributed by atoms with Gasteiger partial charge in [-0.2, -0.15) is 5.10 Å². The Morgan fingerprint density at radius 1 is 1.11 bits per heavy atom. The summed E-state index contributed by atoms with van der Waals surface area (Å²) in [6, 6.07) is 13.6. The van der Waals surface area contributed by atoms with E-state index in [1.165, 1.54) is 12.1 Å². The number of likely N-dealkylation sites (N-methyl/N-ethyl adjacent to an activating group) is 1. The summed E-state index contributed by atoms with van der Waals surface area (Å²) in [5, 5.41) is 5.46. The number of aromatic nitrogens is 2. The van der Waals surface area contributed by atoms with Gasteiger partial charge in [0.1, 0.15) is 11.6 Å². The normalized spacial score (nSPS) is 15.2. The zero-order chi connectivity index (χ0) is 25.8. The van der Waals surface area contributed by atoms with Gasteiger partial charge in [0.2, 0.25) is 0 Å². The second kappa shape index (κ2) is 11.4. The molecule has 0 spiro atoms. The number of amides is 1. The summed E-state index contributed by atoms with van der Waals surface area (Å²) in [6.45, 7) is 13.3. The molecule has 1 aliphatic rings. The fraction of sp³-hybridized carbons (Fsp3) is 0.429. The van der Waals surface area contributed by atoms with E-state index < -0.39 is 0 Å². The molecular formula is C28H35ClFN5O. The van der Waals surface area contributed by atoms with Crippen molar-refractivity contribution < 1.29 is 9.18 Å². The molecule has 0 radical (unpaired) electrons. The Kier molecular flexibility index (Phi) is 8.32. The van der Waals surface area contributed by atoms with Crippen LogP contribution in [0.15, 0.2) is 48.5 Å². The van der Waals surface area contributed by atoms with Crippen LogP contribution in [0.25, 0.3) is 5.69 Å². The topological polar surface area (TPSA) is 44.6 Å². The third-order valence-corrected chi connectivity index (χ3v) is 7.38. The molecule has 3 aromatic rings. The van der Waals surface area contributed by atoms with Crippen LogP contribution in [0, 0.1) is 12.7 Å². The molecule has 36 heavy (non-hydrogen) atoms. The molecule has 2 aromatic carbocycles. The van der Waals surface area contributed by atoms with Crippen LogP contribution in [0.4, 0.5) is 10.2 Å². The fourth-order valence-corrected chi connectivity index (χ4v) is 4.82. The van der Waals surface area contributed by atoms with Crippen molar-refractivity contribution in [2.45, 2.75) is 46.7 Å². The molecule has 0 aliphatic carbocycles. The van der Waals surface area contributed by atoms with Crippen molar-refractivity contribution in [3.63, 3.8) is 0 Å². The Morgan fingerprint density at radius 2 is 1.81 bits per heavy atom. The maximum Gasteiger partial charge on any atom is 0.254 e. The molecule has 1 unspecified atom stereocenters. The number of nitrogens with zero attached hydrogens (tertiary/aromatic N) is 5. The first-order valence-electron chi connectivity index (χ1n) is 12.7. The molecule has 192 valence electrons. The Balaban J connectivity index is 1.77. The molecular weight excluding hydrogens is 477 g/mol. The molecule has 1 aliphatic heterocycles. The van der Waals surface area contributed by atoms with Crippen LogP contribution in [0.2, 0.25) is 5.02 Å². The van der Waals surface area contributed by atoms with Crippen molar-refractivity contribution in [2.24, 2.45) is 0 Å². The van der Waals surface area contributed by atoms with Gasteiger partial charge >= 0.3 is 0 Å². The highest BCUT2D eigenvalue weighted by atomic mass is 35.5. The van der Waals surface area contributed by atoms with Crippen LogP contribution in [0.1, 0.15) is 48.8 Å². The molecule has 1 saturated heterocycles. The number of anilines is 1. The second-order valence-corrected chi connectivity index (χ2v) is 9.83. The third-order valence-electron chi connectivity index (χ3n) is 7.13. The monoisotopic (exact) mass is 511 g/mol. The van der Waals surface area contributed by atoms with Gasteiger partial charge in [0.25, 0.3) is 5.91 Å². The molecule has 2 heterocycles. The van der Waals surface area contributed by atoms with Gasteiger partial charge < -0.3 is 14.7 Å². The first-order valence-corrected chi connectivity index (χ1v) is 13.1. The van der Waals surface area contributed by atoms with Crippen molar-refractivity contribution in [2.75, 3.05) is 37.6 Å². The molecule has 4 rings (SSSR count). The molecule has 0 N–H and O–H groups in total. The van der Waals surface area contributed by atoms with Gasteiger partial charge in [-0.05, 0) is 69.3 Å². The number of carbonyl (C=O) groups excluding carboxylic acids is 1. The first kappa shape index (κ1) is 26.2. The quantitative estimate of drug-likeness (QED) is 0.397. The summed E-state index contributed by atoms with van der Waals surface area (Å²) >= 11 is 6.06. The number of halogens is 2. The minimum Gasteiger partial charge on any atom is -0.354 e. The van der Waals surface area contributed by atoms with Crippen molar-refractivity contribution in [3.05, 3.63) is 76.2 Å². The van der Waals surface area contributed by atoms with E-state index in [1.807, 2.05) is 22.6 Å². The molecule has 1 atom stereocenters. The Bertz CT molecular complexity index is 1190. The maximum atomic E-state index is 14.2. The largest absolute Gasteiger partial charge is 0.354 e. The van der Waals surface area contributed by atoms with E-state index in [2.05, 4.69) is 30.6 Å². The lowest BCUT2D eigenvalue weighted by molar-refractivity contribution is 0.0671. The molecule has 6 nitrogen and oxygen atoms in total. The van der Waals surface area contributed by atoms with Crippen LogP contribution < -0.4 is 4.90 Å². The third kappa shape index (κ3) is 5.57. The molecule has 0 saturated carbocycles. The van der Waals surface area contributed by atoms with Crippen LogP contribution in [0.5, 0.6) is 0 Å². The lowest BCUT2D eigenvalue weighted by Gasteiger charge is -2.37. The summed E-state index contributed by atoms with van der Waals surface area (Å²) in [5.41, 5.74) is 3.11. The van der Waals surface area contributed by atoms with Crippen LogP contribution in [-0.4, -0.2) is 64.3 Å². The lowest BCUT2D eigenvalue weighted by atomic mass is 10.1. The Labute approximate surface area is 218 Å². The molecule has 0 bridgehead atoms. The van der Waals surface area contributed by atoms with E-state index in [0.717, 1.165) is 56.2 Å². The second-order valence-electron chi connectivity index (χ2n) is 9.40. The summed E-state index contributed by atoms with van der Waals surface area (Å²) in [4.78, 5) is 20.3. The van der Waals surface area contributed by atoms with Gasteiger partial charge in [-0.3, -0.25) is 4.79 Å². The summed E-state index contributed by atoms with van der Waals surface area (Å²) in [5.74, 6) is 0.592. The lowest BCUT2D eigenvalue weighted by Crippen LogP contribution is -2.47. The number of piperazine rings is 1.